The maximum Gasteiger partial charge on any atom is 0.242 e. The second-order valence-corrected chi connectivity index (χ2v) is 12.6. The lowest BCUT2D eigenvalue weighted by molar-refractivity contribution is -0.132. The van der Waals surface area contributed by atoms with E-state index in [9.17, 15) is 9.59 Å². The van der Waals surface area contributed by atoms with Gasteiger partial charge in [-0.25, -0.2) is 4.68 Å². The number of hydrogen-bond donors (Lipinski definition) is 0. The summed E-state index contributed by atoms with van der Waals surface area (Å²) in [7, 11) is 0. The molecule has 0 N–H and O–H groups in total. The summed E-state index contributed by atoms with van der Waals surface area (Å²) >= 11 is 1.55. The van der Waals surface area contributed by atoms with Gasteiger partial charge < -0.3 is 14.4 Å². The van der Waals surface area contributed by atoms with Gasteiger partial charge in [0.1, 0.15) is 12.4 Å². The topological polar surface area (TPSA) is 76.9 Å². The highest BCUT2D eigenvalue weighted by Crippen LogP contribution is 2.50. The van der Waals surface area contributed by atoms with E-state index in [0.717, 1.165) is 59.6 Å². The summed E-state index contributed by atoms with van der Waals surface area (Å²) < 4.78 is 13.2. The molecule has 0 saturated carbocycles. The summed E-state index contributed by atoms with van der Waals surface area (Å²) in [6.45, 7) is 5.87. The number of rotatable bonds is 5. The molecule has 1 saturated heterocycles. The Morgan fingerprint density at radius 3 is 2.49 bits per heavy atom. The number of benzene rings is 3. The molecule has 7 rings (SSSR count). The Morgan fingerprint density at radius 1 is 0.977 bits per heavy atom. The Hall–Kier alpha value is -4.24. The van der Waals surface area contributed by atoms with E-state index < -0.39 is 0 Å². The van der Waals surface area contributed by atoms with Crippen LogP contribution in [0, 0.1) is 12.8 Å². The van der Waals surface area contributed by atoms with Gasteiger partial charge in [-0.1, -0.05) is 61.0 Å². The number of carbonyl (C=O) groups is 2. The van der Waals surface area contributed by atoms with Crippen molar-refractivity contribution in [3.8, 4) is 28.4 Å². The van der Waals surface area contributed by atoms with Gasteiger partial charge in [-0.15, -0.1) is 11.8 Å². The third-order valence-electron chi connectivity index (χ3n) is 8.54. The van der Waals surface area contributed by atoms with Crippen LogP contribution in [0.4, 0.5) is 5.82 Å². The van der Waals surface area contributed by atoms with Crippen molar-refractivity contribution >= 4 is 29.4 Å². The standard InChI is InChI=1S/C34H34N4O4S/c1-22-8-11-26(12-9-22)38-34-31(32(35-38)24-6-4-3-5-7-24)33(25-10-13-27-28(18-25)42-21-41-27)43-20-30(40)37(34)19-29(39)36-16-14-23(2)15-17-36/h3-13,18,23,33H,14-17,19-21H2,1-2H3. The molecule has 9 heteroatoms. The van der Waals surface area contributed by atoms with Crippen molar-refractivity contribution in [1.82, 2.24) is 14.7 Å². The molecule has 1 fully saturated rings. The smallest absolute Gasteiger partial charge is 0.242 e. The first kappa shape index (κ1) is 27.6. The van der Waals surface area contributed by atoms with E-state index in [1.165, 1.54) is 0 Å². The van der Waals surface area contributed by atoms with Gasteiger partial charge in [0.15, 0.2) is 11.5 Å². The number of aryl methyl sites for hydroxylation is 1. The number of ether oxygens (including phenoxy) is 2. The van der Waals surface area contributed by atoms with Gasteiger partial charge in [-0.2, -0.15) is 5.10 Å². The summed E-state index contributed by atoms with van der Waals surface area (Å²) in [6.07, 6.45) is 1.96. The third kappa shape index (κ3) is 5.27. The molecule has 0 radical (unpaired) electrons. The van der Waals surface area contributed by atoms with Crippen molar-refractivity contribution in [3.05, 3.63) is 89.5 Å². The number of nitrogens with zero attached hydrogens (tertiary/aromatic N) is 4. The van der Waals surface area contributed by atoms with Crippen LogP contribution in [0.2, 0.25) is 0 Å². The van der Waals surface area contributed by atoms with E-state index in [-0.39, 0.29) is 36.2 Å². The molecule has 3 aliphatic heterocycles. The van der Waals surface area contributed by atoms with Gasteiger partial charge in [0, 0.05) is 24.2 Å². The summed E-state index contributed by atoms with van der Waals surface area (Å²) in [5.41, 5.74) is 5.58. The highest BCUT2D eigenvalue weighted by atomic mass is 32.2. The summed E-state index contributed by atoms with van der Waals surface area (Å²) in [6, 6.07) is 24.1. The van der Waals surface area contributed by atoms with Crippen LogP contribution in [0.15, 0.2) is 72.8 Å². The second-order valence-electron chi connectivity index (χ2n) is 11.5. The SMILES string of the molecule is Cc1ccc(-n2nc(-c3ccccc3)c3c2N(CC(=O)N2CCC(C)CC2)C(=O)CSC3c2ccc3c(c2)OCO3)cc1. The molecule has 0 aliphatic carbocycles. The summed E-state index contributed by atoms with van der Waals surface area (Å²) in [4.78, 5) is 31.4. The maximum atomic E-state index is 14.0. The first-order valence-corrected chi connectivity index (χ1v) is 15.9. The fourth-order valence-corrected chi connectivity index (χ4v) is 7.21. The first-order valence-electron chi connectivity index (χ1n) is 14.8. The Balaban J connectivity index is 1.42. The van der Waals surface area contributed by atoms with Crippen LogP contribution in [0.5, 0.6) is 11.5 Å². The third-order valence-corrected chi connectivity index (χ3v) is 9.80. The fraction of sp³-hybridized carbons (Fsp3) is 0.324. The normalized spacial score (nSPS) is 18.5. The van der Waals surface area contributed by atoms with Crippen LogP contribution in [-0.2, 0) is 9.59 Å². The molecular formula is C34H34N4O4S. The van der Waals surface area contributed by atoms with Gasteiger partial charge >= 0.3 is 0 Å². The van der Waals surface area contributed by atoms with Gasteiger partial charge in [0.2, 0.25) is 18.6 Å². The predicted molar refractivity (Wildman–Crippen MR) is 168 cm³/mol. The van der Waals surface area contributed by atoms with Gasteiger partial charge in [0.25, 0.3) is 0 Å². The quantitative estimate of drug-likeness (QED) is 0.282. The number of thioether (sulfide) groups is 1. The minimum atomic E-state index is -0.237. The van der Waals surface area contributed by atoms with Crippen molar-refractivity contribution in [3.63, 3.8) is 0 Å². The number of likely N-dealkylation sites (tertiary alicyclic amines) is 1. The van der Waals surface area contributed by atoms with Crippen molar-refractivity contribution in [2.24, 2.45) is 5.92 Å². The van der Waals surface area contributed by atoms with E-state index in [2.05, 4.69) is 6.92 Å². The van der Waals surface area contributed by atoms with E-state index in [0.29, 0.717) is 23.2 Å². The average Bonchev–Trinajstić information content (AvgIpc) is 3.63. The molecule has 4 heterocycles. The molecule has 0 bridgehead atoms. The van der Waals surface area contributed by atoms with Gasteiger partial charge in [-0.05, 0) is 55.5 Å². The minimum absolute atomic E-state index is 0.0274. The zero-order valence-electron chi connectivity index (χ0n) is 24.4. The van der Waals surface area contributed by atoms with E-state index in [1.54, 1.807) is 16.7 Å². The molecule has 3 aliphatic rings. The molecule has 3 aromatic carbocycles. The Bertz CT molecular complexity index is 1660. The molecule has 4 aromatic rings. The number of fused-ring (bicyclic) bond motifs is 2. The van der Waals surface area contributed by atoms with E-state index in [1.807, 2.05) is 89.3 Å². The number of aromatic nitrogens is 2. The van der Waals surface area contributed by atoms with Crippen molar-refractivity contribution in [2.45, 2.75) is 31.9 Å². The lowest BCUT2D eigenvalue weighted by Crippen LogP contribution is -2.46. The molecule has 220 valence electrons. The highest BCUT2D eigenvalue weighted by Gasteiger charge is 2.39. The van der Waals surface area contributed by atoms with E-state index >= 15 is 0 Å². The van der Waals surface area contributed by atoms with Crippen molar-refractivity contribution in [1.29, 1.82) is 0 Å². The Kier molecular flexibility index (Phi) is 7.34. The van der Waals surface area contributed by atoms with Gasteiger partial charge in [-0.3, -0.25) is 14.5 Å². The second kappa shape index (κ2) is 11.4. The van der Waals surface area contributed by atoms with Crippen molar-refractivity contribution in [2.75, 3.05) is 37.1 Å². The fourth-order valence-electron chi connectivity index (χ4n) is 6.03. The molecule has 0 spiro atoms. The first-order chi connectivity index (χ1) is 21.0. The number of amides is 2. The number of hydrogen-bond acceptors (Lipinski definition) is 6. The molecule has 1 atom stereocenters. The van der Waals surface area contributed by atoms with Gasteiger partial charge in [0.05, 0.1) is 22.4 Å². The zero-order chi connectivity index (χ0) is 29.5. The van der Waals surface area contributed by atoms with Crippen LogP contribution < -0.4 is 14.4 Å². The molecule has 1 unspecified atom stereocenters. The maximum absolute atomic E-state index is 14.0. The van der Waals surface area contributed by atoms with Crippen molar-refractivity contribution < 1.29 is 19.1 Å². The number of anilines is 1. The summed E-state index contributed by atoms with van der Waals surface area (Å²) in [5, 5.41) is 4.96. The van der Waals surface area contributed by atoms with Crippen LogP contribution in [0.25, 0.3) is 16.9 Å². The lowest BCUT2D eigenvalue weighted by atomic mass is 9.98. The van der Waals surface area contributed by atoms with Crippen LogP contribution in [0.3, 0.4) is 0 Å². The van der Waals surface area contributed by atoms with Crippen LogP contribution in [-0.4, -0.2) is 58.7 Å². The minimum Gasteiger partial charge on any atom is -0.454 e. The Labute approximate surface area is 255 Å². The van der Waals surface area contributed by atoms with E-state index in [4.69, 9.17) is 14.6 Å². The largest absolute Gasteiger partial charge is 0.454 e. The number of piperidine rings is 1. The molecule has 2 amide bonds. The van der Waals surface area contributed by atoms with Crippen LogP contribution >= 0.6 is 11.8 Å². The highest BCUT2D eigenvalue weighted by molar-refractivity contribution is 8.00. The predicted octanol–water partition coefficient (Wildman–Crippen LogP) is 6.00. The molecule has 1 aromatic heterocycles. The Morgan fingerprint density at radius 2 is 1.72 bits per heavy atom. The molecule has 8 nitrogen and oxygen atoms in total. The molecule has 43 heavy (non-hydrogen) atoms. The molecular weight excluding hydrogens is 560 g/mol. The monoisotopic (exact) mass is 594 g/mol. The average molecular weight is 595 g/mol. The summed E-state index contributed by atoms with van der Waals surface area (Å²) in [5.74, 6) is 2.72. The van der Waals surface area contributed by atoms with Crippen LogP contribution in [0.1, 0.15) is 41.7 Å². The number of carbonyl (C=O) groups excluding carboxylic acids is 2. The zero-order valence-corrected chi connectivity index (χ0v) is 25.2. The lowest BCUT2D eigenvalue weighted by Gasteiger charge is -2.32.